The first-order valence-corrected chi connectivity index (χ1v) is 9.83. The summed E-state index contributed by atoms with van der Waals surface area (Å²) in [6.45, 7) is 3.11. The van der Waals surface area contributed by atoms with Gasteiger partial charge in [0.2, 0.25) is 5.91 Å². The highest BCUT2D eigenvalue weighted by Gasteiger charge is 2.42. The molecule has 0 spiro atoms. The molecule has 0 aromatic heterocycles. The van der Waals surface area contributed by atoms with E-state index in [4.69, 9.17) is 11.6 Å². The van der Waals surface area contributed by atoms with Crippen LogP contribution < -0.4 is 4.90 Å². The number of halogens is 1. The first-order chi connectivity index (χ1) is 12.1. The third-order valence-corrected chi connectivity index (χ3v) is 6.50. The number of amides is 1. The molecule has 1 aromatic carbocycles. The van der Waals surface area contributed by atoms with Gasteiger partial charge < -0.3 is 9.80 Å². The molecule has 4 nitrogen and oxygen atoms in total. The number of para-hydroxylation sites is 1. The fraction of sp³-hybridized carbons (Fsp3) is 0.600. The number of nitrogens with zero attached hydrogens (tertiary/aromatic N) is 2. The SMILES string of the molecule is O=C1[C@@H]2CCC[C@H]1CC(C(=O)N1CCN(c3ccccc3Cl)CC1)C2. The Morgan fingerprint density at radius 3 is 2.28 bits per heavy atom. The molecule has 3 fully saturated rings. The van der Waals surface area contributed by atoms with Crippen LogP contribution in [0.3, 0.4) is 0 Å². The van der Waals surface area contributed by atoms with E-state index in [0.29, 0.717) is 5.78 Å². The second kappa shape index (κ2) is 6.99. The van der Waals surface area contributed by atoms with Crippen molar-refractivity contribution in [3.05, 3.63) is 29.3 Å². The van der Waals surface area contributed by atoms with E-state index in [2.05, 4.69) is 4.90 Å². The van der Waals surface area contributed by atoms with Crippen LogP contribution in [0.1, 0.15) is 32.1 Å². The molecule has 134 valence electrons. The van der Waals surface area contributed by atoms with Crippen LogP contribution in [0, 0.1) is 17.8 Å². The minimum atomic E-state index is 0.0554. The number of carbonyl (C=O) groups excluding carboxylic acids is 2. The third kappa shape index (κ3) is 3.29. The van der Waals surface area contributed by atoms with Crippen LogP contribution in [0.5, 0.6) is 0 Å². The second-order valence-corrected chi connectivity index (χ2v) is 8.07. The first kappa shape index (κ1) is 16.9. The largest absolute Gasteiger partial charge is 0.367 e. The van der Waals surface area contributed by atoms with Gasteiger partial charge >= 0.3 is 0 Å². The molecule has 1 amide bonds. The van der Waals surface area contributed by atoms with Crippen molar-refractivity contribution >= 4 is 29.0 Å². The van der Waals surface area contributed by atoms with Crippen molar-refractivity contribution < 1.29 is 9.59 Å². The highest BCUT2D eigenvalue weighted by Crippen LogP contribution is 2.40. The second-order valence-electron chi connectivity index (χ2n) is 7.66. The number of rotatable bonds is 2. The van der Waals surface area contributed by atoms with Crippen molar-refractivity contribution in [2.24, 2.45) is 17.8 Å². The van der Waals surface area contributed by atoms with Gasteiger partial charge in [0.05, 0.1) is 10.7 Å². The molecule has 1 heterocycles. The molecule has 3 atom stereocenters. The minimum absolute atomic E-state index is 0.0554. The molecule has 1 unspecified atom stereocenters. The Kier molecular flexibility index (Phi) is 4.72. The van der Waals surface area contributed by atoms with Crippen LogP contribution in [0.25, 0.3) is 0 Å². The van der Waals surface area contributed by atoms with Gasteiger partial charge in [-0.25, -0.2) is 0 Å². The summed E-state index contributed by atoms with van der Waals surface area (Å²) in [6.07, 6.45) is 4.68. The van der Waals surface area contributed by atoms with Gasteiger partial charge in [-0.1, -0.05) is 30.2 Å². The summed E-state index contributed by atoms with van der Waals surface area (Å²) in [6, 6.07) is 7.88. The zero-order valence-corrected chi connectivity index (χ0v) is 15.3. The van der Waals surface area contributed by atoms with Crippen molar-refractivity contribution in [3.8, 4) is 0 Å². The van der Waals surface area contributed by atoms with E-state index < -0.39 is 0 Å². The van der Waals surface area contributed by atoms with E-state index in [0.717, 1.165) is 69.0 Å². The number of fused-ring (bicyclic) bond motifs is 2. The van der Waals surface area contributed by atoms with Crippen molar-refractivity contribution in [2.45, 2.75) is 32.1 Å². The Morgan fingerprint density at radius 1 is 1.00 bits per heavy atom. The van der Waals surface area contributed by atoms with Gasteiger partial charge in [-0.3, -0.25) is 9.59 Å². The summed E-state index contributed by atoms with van der Waals surface area (Å²) < 4.78 is 0. The fourth-order valence-corrected chi connectivity index (χ4v) is 5.07. The van der Waals surface area contributed by atoms with Gasteiger partial charge in [-0.05, 0) is 37.8 Å². The normalized spacial score (nSPS) is 29.6. The van der Waals surface area contributed by atoms with Gasteiger partial charge in [0, 0.05) is 43.9 Å². The Hall–Kier alpha value is -1.55. The van der Waals surface area contributed by atoms with E-state index in [9.17, 15) is 9.59 Å². The quantitative estimate of drug-likeness (QED) is 0.811. The van der Waals surface area contributed by atoms with E-state index in [1.165, 1.54) is 0 Å². The van der Waals surface area contributed by atoms with E-state index in [1.54, 1.807) is 0 Å². The van der Waals surface area contributed by atoms with Crippen LogP contribution in [0.2, 0.25) is 5.02 Å². The summed E-state index contributed by atoms with van der Waals surface area (Å²) >= 11 is 6.29. The van der Waals surface area contributed by atoms with Crippen molar-refractivity contribution in [1.82, 2.24) is 4.90 Å². The lowest BCUT2D eigenvalue weighted by Crippen LogP contribution is -2.52. The van der Waals surface area contributed by atoms with Crippen molar-refractivity contribution in [3.63, 3.8) is 0 Å². The third-order valence-electron chi connectivity index (χ3n) is 6.18. The predicted molar refractivity (Wildman–Crippen MR) is 98.8 cm³/mol. The zero-order chi connectivity index (χ0) is 17.4. The summed E-state index contributed by atoms with van der Waals surface area (Å²) in [5.41, 5.74) is 1.05. The maximum Gasteiger partial charge on any atom is 0.225 e. The smallest absolute Gasteiger partial charge is 0.225 e. The van der Waals surface area contributed by atoms with Gasteiger partial charge in [0.25, 0.3) is 0 Å². The molecule has 0 N–H and O–H groups in total. The Balaban J connectivity index is 1.37. The number of ketones is 1. The molecule has 2 bridgehead atoms. The lowest BCUT2D eigenvalue weighted by Gasteiger charge is -2.41. The van der Waals surface area contributed by atoms with E-state index >= 15 is 0 Å². The van der Waals surface area contributed by atoms with Crippen LogP contribution in [0.15, 0.2) is 24.3 Å². The summed E-state index contributed by atoms with van der Waals surface area (Å²) in [7, 11) is 0. The first-order valence-electron chi connectivity index (χ1n) is 9.45. The minimum Gasteiger partial charge on any atom is -0.367 e. The summed E-state index contributed by atoms with van der Waals surface area (Å²) in [5, 5.41) is 0.765. The predicted octanol–water partition coefficient (Wildman–Crippen LogP) is 3.38. The topological polar surface area (TPSA) is 40.6 Å². The Labute approximate surface area is 154 Å². The van der Waals surface area contributed by atoms with Crippen LogP contribution in [-0.4, -0.2) is 42.8 Å². The molecule has 2 aliphatic carbocycles. The van der Waals surface area contributed by atoms with E-state index in [-0.39, 0.29) is 23.7 Å². The molecule has 2 saturated carbocycles. The number of carbonyl (C=O) groups is 2. The maximum absolute atomic E-state index is 13.0. The number of benzene rings is 1. The Bertz CT molecular complexity index is 653. The van der Waals surface area contributed by atoms with Gasteiger partial charge in [-0.15, -0.1) is 0 Å². The summed E-state index contributed by atoms with van der Waals surface area (Å²) in [4.78, 5) is 29.5. The molecule has 4 rings (SSSR count). The molecule has 5 heteroatoms. The summed E-state index contributed by atoms with van der Waals surface area (Å²) in [5.74, 6) is 1.04. The number of hydrogen-bond acceptors (Lipinski definition) is 3. The molecule has 1 aromatic rings. The molecular weight excluding hydrogens is 336 g/mol. The molecule has 1 aliphatic heterocycles. The van der Waals surface area contributed by atoms with Gasteiger partial charge in [0.1, 0.15) is 5.78 Å². The number of hydrogen-bond donors (Lipinski definition) is 0. The lowest BCUT2D eigenvalue weighted by atomic mass is 9.67. The molecule has 3 aliphatic rings. The monoisotopic (exact) mass is 360 g/mol. The van der Waals surface area contributed by atoms with Gasteiger partial charge in [0.15, 0.2) is 0 Å². The average Bonchev–Trinajstić information content (AvgIpc) is 2.61. The van der Waals surface area contributed by atoms with Crippen LogP contribution >= 0.6 is 11.6 Å². The highest BCUT2D eigenvalue weighted by molar-refractivity contribution is 6.33. The van der Waals surface area contributed by atoms with Crippen LogP contribution in [0.4, 0.5) is 5.69 Å². The van der Waals surface area contributed by atoms with Crippen LogP contribution in [-0.2, 0) is 9.59 Å². The Morgan fingerprint density at radius 2 is 1.64 bits per heavy atom. The number of piperazine rings is 1. The molecule has 0 radical (unpaired) electrons. The maximum atomic E-state index is 13.0. The molecular formula is C20H25ClN2O2. The highest BCUT2D eigenvalue weighted by atomic mass is 35.5. The van der Waals surface area contributed by atoms with Gasteiger partial charge in [-0.2, -0.15) is 0 Å². The average molecular weight is 361 g/mol. The molecule has 25 heavy (non-hydrogen) atoms. The number of anilines is 1. The van der Waals surface area contributed by atoms with Crippen molar-refractivity contribution in [2.75, 3.05) is 31.1 Å². The van der Waals surface area contributed by atoms with E-state index in [1.807, 2.05) is 29.2 Å². The number of Topliss-reactive ketones (excluding diaryl/α,β-unsaturated/α-hetero) is 1. The standard InChI is InChI=1S/C20H25ClN2O2/c21-17-6-1-2-7-18(17)22-8-10-23(11-9-22)20(25)16-12-14-4-3-5-15(13-16)19(14)24/h1-2,6-7,14-16H,3-5,8-13H2/t14-,15+,16?. The lowest BCUT2D eigenvalue weighted by molar-refractivity contribution is -0.143. The molecule has 1 saturated heterocycles. The fourth-order valence-electron chi connectivity index (χ4n) is 4.82. The van der Waals surface area contributed by atoms with Crippen molar-refractivity contribution in [1.29, 1.82) is 0 Å². The zero-order valence-electron chi connectivity index (χ0n) is 14.5.